The number of hydrogen-bond acceptors (Lipinski definition) is 5. The van der Waals surface area contributed by atoms with Gasteiger partial charge in [-0.05, 0) is 30.9 Å². The molecule has 0 aromatic carbocycles. The highest BCUT2D eigenvalue weighted by Crippen LogP contribution is 2.31. The van der Waals surface area contributed by atoms with Crippen LogP contribution in [0.2, 0.25) is 0 Å². The van der Waals surface area contributed by atoms with Crippen LogP contribution in [0.1, 0.15) is 30.4 Å². The number of hydrogen-bond donors (Lipinski definition) is 1. The molecule has 1 fully saturated rings. The lowest BCUT2D eigenvalue weighted by atomic mass is 9.90. The van der Waals surface area contributed by atoms with Crippen molar-refractivity contribution in [1.82, 2.24) is 4.98 Å². The Morgan fingerprint density at radius 1 is 1.30 bits per heavy atom. The molecule has 1 aromatic rings. The van der Waals surface area contributed by atoms with Crippen molar-refractivity contribution in [3.05, 3.63) is 23.4 Å². The molecule has 0 aliphatic carbocycles. The first-order valence-corrected chi connectivity index (χ1v) is 7.21. The van der Waals surface area contributed by atoms with E-state index in [-0.39, 0.29) is 0 Å². The molecule has 110 valence electrons. The van der Waals surface area contributed by atoms with Gasteiger partial charge in [-0.15, -0.1) is 0 Å². The van der Waals surface area contributed by atoms with E-state index in [1.807, 2.05) is 6.07 Å². The molecule has 0 radical (unpaired) electrons. The first-order chi connectivity index (χ1) is 9.81. The Labute approximate surface area is 119 Å². The fourth-order valence-corrected chi connectivity index (χ4v) is 3.08. The number of nitrogens with zero attached hydrogens (tertiary/aromatic N) is 1. The van der Waals surface area contributed by atoms with Crippen LogP contribution in [-0.2, 0) is 20.6 Å². The number of rotatable bonds is 4. The van der Waals surface area contributed by atoms with Crippen LogP contribution in [0.4, 0.5) is 5.82 Å². The molecular weight excluding hydrogens is 256 g/mol. The molecule has 2 aliphatic rings. The van der Waals surface area contributed by atoms with Crippen molar-refractivity contribution in [1.29, 1.82) is 0 Å². The van der Waals surface area contributed by atoms with Crippen molar-refractivity contribution in [3.8, 4) is 0 Å². The summed E-state index contributed by atoms with van der Waals surface area (Å²) in [6.07, 6.45) is 2.96. The molecule has 1 N–H and O–H groups in total. The molecule has 0 bridgehead atoms. The van der Waals surface area contributed by atoms with E-state index in [1.54, 1.807) is 14.2 Å². The summed E-state index contributed by atoms with van der Waals surface area (Å²) in [6.45, 7) is 1.75. The average molecular weight is 278 g/mol. The van der Waals surface area contributed by atoms with Gasteiger partial charge in [0.2, 0.25) is 6.29 Å². The van der Waals surface area contributed by atoms with E-state index < -0.39 is 6.29 Å². The highest BCUT2D eigenvalue weighted by Gasteiger charge is 2.29. The molecule has 2 atom stereocenters. The smallest absolute Gasteiger partial charge is 0.200 e. The maximum absolute atomic E-state index is 5.49. The molecule has 1 aromatic heterocycles. The summed E-state index contributed by atoms with van der Waals surface area (Å²) < 4.78 is 16.0. The summed E-state index contributed by atoms with van der Waals surface area (Å²) in [6, 6.07) is 4.57. The van der Waals surface area contributed by atoms with Gasteiger partial charge in [0.25, 0.3) is 0 Å². The number of aromatic nitrogens is 1. The first-order valence-electron chi connectivity index (χ1n) is 7.21. The summed E-state index contributed by atoms with van der Waals surface area (Å²) in [5, 5.41) is 3.58. The highest BCUT2D eigenvalue weighted by molar-refractivity contribution is 5.48. The summed E-state index contributed by atoms with van der Waals surface area (Å²) >= 11 is 0. The average Bonchev–Trinajstić information content (AvgIpc) is 3.02. The van der Waals surface area contributed by atoms with Gasteiger partial charge in [0, 0.05) is 32.8 Å². The minimum atomic E-state index is -0.405. The SMILES string of the molecule is COC(OC)c1ccc2c(n1)NC(C1CCOC1)CC2. The lowest BCUT2D eigenvalue weighted by Gasteiger charge is -2.30. The Balaban J connectivity index is 1.78. The highest BCUT2D eigenvalue weighted by atomic mass is 16.7. The number of anilines is 1. The predicted octanol–water partition coefficient (Wildman–Crippen LogP) is 2.14. The molecule has 20 heavy (non-hydrogen) atoms. The number of nitrogens with one attached hydrogen (secondary N) is 1. The van der Waals surface area contributed by atoms with Crippen LogP contribution < -0.4 is 5.32 Å². The second kappa shape index (κ2) is 6.08. The van der Waals surface area contributed by atoms with Crippen LogP contribution >= 0.6 is 0 Å². The molecule has 2 aliphatic heterocycles. The Hall–Kier alpha value is -1.17. The largest absolute Gasteiger partial charge is 0.381 e. The Morgan fingerprint density at radius 2 is 2.15 bits per heavy atom. The van der Waals surface area contributed by atoms with Gasteiger partial charge in [-0.1, -0.05) is 6.07 Å². The number of fused-ring (bicyclic) bond motifs is 1. The fourth-order valence-electron chi connectivity index (χ4n) is 3.08. The molecule has 3 rings (SSSR count). The third-order valence-corrected chi connectivity index (χ3v) is 4.25. The zero-order valence-electron chi connectivity index (χ0n) is 12.1. The van der Waals surface area contributed by atoms with E-state index in [0.29, 0.717) is 12.0 Å². The van der Waals surface area contributed by atoms with E-state index in [1.165, 1.54) is 5.56 Å². The fraction of sp³-hybridized carbons (Fsp3) is 0.667. The monoisotopic (exact) mass is 278 g/mol. The number of methoxy groups -OCH3 is 2. The molecular formula is C15H22N2O3. The van der Waals surface area contributed by atoms with Crippen LogP contribution in [0.15, 0.2) is 12.1 Å². The molecule has 5 nitrogen and oxygen atoms in total. The molecule has 5 heteroatoms. The van der Waals surface area contributed by atoms with Gasteiger partial charge in [0.1, 0.15) is 5.82 Å². The maximum atomic E-state index is 5.49. The van der Waals surface area contributed by atoms with Crippen molar-refractivity contribution >= 4 is 5.82 Å². The number of ether oxygens (including phenoxy) is 3. The van der Waals surface area contributed by atoms with Gasteiger partial charge in [-0.25, -0.2) is 4.98 Å². The topological polar surface area (TPSA) is 52.6 Å². The third kappa shape index (κ3) is 2.66. The first kappa shape index (κ1) is 13.8. The Bertz CT molecular complexity index is 456. The van der Waals surface area contributed by atoms with E-state index in [9.17, 15) is 0 Å². The van der Waals surface area contributed by atoms with Gasteiger partial charge in [-0.2, -0.15) is 0 Å². The Morgan fingerprint density at radius 3 is 2.85 bits per heavy atom. The predicted molar refractivity (Wildman–Crippen MR) is 75.7 cm³/mol. The third-order valence-electron chi connectivity index (χ3n) is 4.25. The van der Waals surface area contributed by atoms with Gasteiger partial charge in [-0.3, -0.25) is 0 Å². The van der Waals surface area contributed by atoms with E-state index >= 15 is 0 Å². The normalized spacial score (nSPS) is 25.6. The quantitative estimate of drug-likeness (QED) is 0.855. The summed E-state index contributed by atoms with van der Waals surface area (Å²) in [5.74, 6) is 1.58. The zero-order valence-corrected chi connectivity index (χ0v) is 12.1. The Kier molecular flexibility index (Phi) is 4.19. The molecule has 0 saturated carbocycles. The van der Waals surface area contributed by atoms with E-state index in [0.717, 1.165) is 44.0 Å². The molecule has 0 spiro atoms. The van der Waals surface area contributed by atoms with Crippen molar-refractivity contribution in [2.45, 2.75) is 31.6 Å². The summed E-state index contributed by atoms with van der Waals surface area (Å²) in [5.41, 5.74) is 2.08. The summed E-state index contributed by atoms with van der Waals surface area (Å²) in [4.78, 5) is 4.67. The lowest BCUT2D eigenvalue weighted by Crippen LogP contribution is -2.34. The molecule has 1 saturated heterocycles. The second-order valence-corrected chi connectivity index (χ2v) is 5.46. The van der Waals surface area contributed by atoms with E-state index in [4.69, 9.17) is 14.2 Å². The van der Waals surface area contributed by atoms with Gasteiger partial charge in [0.15, 0.2) is 0 Å². The van der Waals surface area contributed by atoms with Crippen molar-refractivity contribution in [3.63, 3.8) is 0 Å². The van der Waals surface area contributed by atoms with Crippen LogP contribution in [0, 0.1) is 5.92 Å². The van der Waals surface area contributed by atoms with Gasteiger partial charge < -0.3 is 19.5 Å². The second-order valence-electron chi connectivity index (χ2n) is 5.46. The van der Waals surface area contributed by atoms with Crippen LogP contribution in [-0.4, -0.2) is 38.5 Å². The van der Waals surface area contributed by atoms with Crippen molar-refractivity contribution < 1.29 is 14.2 Å². The van der Waals surface area contributed by atoms with Crippen molar-refractivity contribution in [2.24, 2.45) is 5.92 Å². The molecule has 2 unspecified atom stereocenters. The summed E-state index contributed by atoms with van der Waals surface area (Å²) in [7, 11) is 3.25. The molecule has 3 heterocycles. The maximum Gasteiger partial charge on any atom is 0.200 e. The van der Waals surface area contributed by atoms with Crippen LogP contribution in [0.25, 0.3) is 0 Å². The minimum Gasteiger partial charge on any atom is -0.381 e. The molecule has 0 amide bonds. The number of aryl methyl sites for hydroxylation is 1. The van der Waals surface area contributed by atoms with Gasteiger partial charge in [0.05, 0.1) is 12.3 Å². The van der Waals surface area contributed by atoms with E-state index in [2.05, 4.69) is 16.4 Å². The lowest BCUT2D eigenvalue weighted by molar-refractivity contribution is -0.108. The van der Waals surface area contributed by atoms with Crippen molar-refractivity contribution in [2.75, 3.05) is 32.8 Å². The van der Waals surface area contributed by atoms with Gasteiger partial charge >= 0.3 is 0 Å². The minimum absolute atomic E-state index is 0.405. The number of pyridine rings is 1. The zero-order chi connectivity index (χ0) is 13.9. The standard InChI is InChI=1S/C15H22N2O3/c1-18-15(19-2)13-6-4-10-3-5-12(16-14(10)17-13)11-7-8-20-9-11/h4,6,11-12,15H,3,5,7-9H2,1-2H3,(H,16,17). The van der Waals surface area contributed by atoms with Crippen LogP contribution in [0.3, 0.4) is 0 Å². The van der Waals surface area contributed by atoms with Crippen LogP contribution in [0.5, 0.6) is 0 Å².